The molecule has 3 nitrogen and oxygen atoms in total. The third-order valence-corrected chi connectivity index (χ3v) is 1.65. The zero-order valence-electron chi connectivity index (χ0n) is 6.60. The molecule has 0 bridgehead atoms. The Morgan fingerprint density at radius 1 is 1.60 bits per heavy atom. The minimum Gasteiger partial charge on any atom is -0.444 e. The normalized spacial score (nSPS) is 25.9. The molecule has 1 fully saturated rings. The van der Waals surface area contributed by atoms with Crippen LogP contribution in [-0.4, -0.2) is 18.7 Å². The van der Waals surface area contributed by atoms with E-state index in [1.165, 1.54) is 0 Å². The van der Waals surface area contributed by atoms with Crippen LogP contribution in [0.15, 0.2) is 0 Å². The van der Waals surface area contributed by atoms with Gasteiger partial charge in [-0.15, -0.1) is 0 Å². The van der Waals surface area contributed by atoms with Crippen molar-refractivity contribution in [2.24, 2.45) is 5.41 Å². The number of rotatable bonds is 0. The highest BCUT2D eigenvalue weighted by Crippen LogP contribution is 2.23. The molecular formula is C7H13NO2. The van der Waals surface area contributed by atoms with Gasteiger partial charge in [0.25, 0.3) is 0 Å². The smallest absolute Gasteiger partial charge is 0.407 e. The lowest BCUT2D eigenvalue weighted by atomic mass is 9.89. The first kappa shape index (κ1) is 7.38. The molecule has 1 aliphatic heterocycles. The van der Waals surface area contributed by atoms with Crippen LogP contribution in [0.1, 0.15) is 20.8 Å². The monoisotopic (exact) mass is 143 g/mol. The maximum Gasteiger partial charge on any atom is 0.407 e. The van der Waals surface area contributed by atoms with Crippen molar-refractivity contribution >= 4 is 6.09 Å². The Hall–Kier alpha value is -0.730. The van der Waals surface area contributed by atoms with E-state index in [1.54, 1.807) is 0 Å². The Kier molecular flexibility index (Phi) is 1.58. The van der Waals surface area contributed by atoms with E-state index < -0.39 is 0 Å². The molecule has 3 heteroatoms. The molecule has 1 saturated heterocycles. The number of hydrogen-bond donors (Lipinski definition) is 1. The second-order valence-corrected chi connectivity index (χ2v) is 3.64. The summed E-state index contributed by atoms with van der Waals surface area (Å²) in [6, 6.07) is 0. The molecule has 1 atom stereocenters. The Bertz CT molecular complexity index is 148. The molecule has 10 heavy (non-hydrogen) atoms. The lowest BCUT2D eigenvalue weighted by molar-refractivity contribution is 0.0728. The molecule has 0 aromatic carbocycles. The minimum atomic E-state index is -0.292. The standard InChI is InChI=1S/C7H13NO2/c1-7(2,3)5-4-8-6(9)10-5/h5H,4H2,1-3H3,(H,8,9)/t5-/m0/s1. The van der Waals surface area contributed by atoms with Gasteiger partial charge in [-0.25, -0.2) is 4.79 Å². The predicted octanol–water partition coefficient (Wildman–Crippen LogP) is 1.14. The Morgan fingerprint density at radius 3 is 2.40 bits per heavy atom. The first-order chi connectivity index (χ1) is 4.50. The van der Waals surface area contributed by atoms with Crippen molar-refractivity contribution in [2.45, 2.75) is 26.9 Å². The van der Waals surface area contributed by atoms with Crippen LogP contribution in [0.4, 0.5) is 4.79 Å². The second-order valence-electron chi connectivity index (χ2n) is 3.64. The summed E-state index contributed by atoms with van der Waals surface area (Å²) in [6.07, 6.45) is -0.264. The highest BCUT2D eigenvalue weighted by molar-refractivity contribution is 5.69. The zero-order valence-corrected chi connectivity index (χ0v) is 6.60. The molecule has 0 aromatic rings. The number of alkyl carbamates (subject to hydrolysis) is 1. The molecule has 0 radical (unpaired) electrons. The van der Waals surface area contributed by atoms with Crippen LogP contribution in [0.3, 0.4) is 0 Å². The quantitative estimate of drug-likeness (QED) is 0.552. The number of carbonyl (C=O) groups excluding carboxylic acids is 1. The Balaban J connectivity index is 2.53. The van der Waals surface area contributed by atoms with Crippen molar-refractivity contribution in [3.05, 3.63) is 0 Å². The lowest BCUT2D eigenvalue weighted by Crippen LogP contribution is -2.29. The van der Waals surface area contributed by atoms with Gasteiger partial charge in [0.2, 0.25) is 0 Å². The summed E-state index contributed by atoms with van der Waals surface area (Å²) in [5.41, 5.74) is 0.0547. The lowest BCUT2D eigenvalue weighted by Gasteiger charge is -2.23. The molecule has 0 aromatic heterocycles. The number of cyclic esters (lactones) is 1. The molecule has 0 unspecified atom stereocenters. The zero-order chi connectivity index (χ0) is 7.78. The van der Waals surface area contributed by atoms with Gasteiger partial charge in [0, 0.05) is 5.41 Å². The van der Waals surface area contributed by atoms with Crippen LogP contribution in [0.2, 0.25) is 0 Å². The fourth-order valence-electron chi connectivity index (χ4n) is 0.872. The summed E-state index contributed by atoms with van der Waals surface area (Å²) in [5.74, 6) is 0. The number of nitrogens with one attached hydrogen (secondary N) is 1. The van der Waals surface area contributed by atoms with Crippen LogP contribution in [0, 0.1) is 5.41 Å². The summed E-state index contributed by atoms with van der Waals surface area (Å²) in [7, 11) is 0. The molecule has 0 spiro atoms. The molecule has 0 aliphatic carbocycles. The van der Waals surface area contributed by atoms with Crippen molar-refractivity contribution in [3.63, 3.8) is 0 Å². The average Bonchev–Trinajstić information content (AvgIpc) is 2.11. The molecule has 1 heterocycles. The molecule has 1 amide bonds. The topological polar surface area (TPSA) is 38.3 Å². The molecule has 58 valence electrons. The van der Waals surface area contributed by atoms with Crippen molar-refractivity contribution < 1.29 is 9.53 Å². The number of amides is 1. The highest BCUT2D eigenvalue weighted by Gasteiger charge is 2.32. The summed E-state index contributed by atoms with van der Waals surface area (Å²) >= 11 is 0. The van der Waals surface area contributed by atoms with Crippen molar-refractivity contribution in [3.8, 4) is 0 Å². The van der Waals surface area contributed by atoms with Crippen LogP contribution >= 0.6 is 0 Å². The number of hydrogen-bond acceptors (Lipinski definition) is 2. The van der Waals surface area contributed by atoms with E-state index >= 15 is 0 Å². The van der Waals surface area contributed by atoms with Gasteiger partial charge in [0.15, 0.2) is 0 Å². The van der Waals surface area contributed by atoms with E-state index in [1.807, 2.05) is 0 Å². The van der Waals surface area contributed by atoms with Gasteiger partial charge in [0.05, 0.1) is 6.54 Å². The van der Waals surface area contributed by atoms with E-state index in [9.17, 15) is 4.79 Å². The van der Waals surface area contributed by atoms with Gasteiger partial charge < -0.3 is 10.1 Å². The van der Waals surface area contributed by atoms with Gasteiger partial charge in [-0.05, 0) is 0 Å². The van der Waals surface area contributed by atoms with Crippen molar-refractivity contribution in [1.82, 2.24) is 5.32 Å². The largest absolute Gasteiger partial charge is 0.444 e. The number of carbonyl (C=O) groups is 1. The molecule has 1 rings (SSSR count). The molecular weight excluding hydrogens is 130 g/mol. The average molecular weight is 143 g/mol. The SMILES string of the molecule is CC(C)(C)[C@@H]1CNC(=O)O1. The molecule has 1 N–H and O–H groups in total. The fraction of sp³-hybridized carbons (Fsp3) is 0.857. The highest BCUT2D eigenvalue weighted by atomic mass is 16.6. The summed E-state index contributed by atoms with van der Waals surface area (Å²) < 4.78 is 4.98. The van der Waals surface area contributed by atoms with E-state index in [0.29, 0.717) is 6.54 Å². The maximum absolute atomic E-state index is 10.6. The van der Waals surface area contributed by atoms with E-state index in [2.05, 4.69) is 26.1 Å². The van der Waals surface area contributed by atoms with Gasteiger partial charge in [0.1, 0.15) is 6.10 Å². The van der Waals surface area contributed by atoms with Crippen LogP contribution in [0.5, 0.6) is 0 Å². The van der Waals surface area contributed by atoms with Crippen LogP contribution in [-0.2, 0) is 4.74 Å². The van der Waals surface area contributed by atoms with E-state index in [0.717, 1.165) is 0 Å². The Morgan fingerprint density at radius 2 is 2.20 bits per heavy atom. The van der Waals surface area contributed by atoms with Crippen LogP contribution in [0.25, 0.3) is 0 Å². The third kappa shape index (κ3) is 1.40. The molecule has 0 saturated carbocycles. The summed E-state index contributed by atoms with van der Waals surface area (Å²) in [6.45, 7) is 6.80. The van der Waals surface area contributed by atoms with E-state index in [-0.39, 0.29) is 17.6 Å². The predicted molar refractivity (Wildman–Crippen MR) is 37.7 cm³/mol. The first-order valence-electron chi connectivity index (χ1n) is 3.44. The van der Waals surface area contributed by atoms with Crippen molar-refractivity contribution in [2.75, 3.05) is 6.54 Å². The third-order valence-electron chi connectivity index (χ3n) is 1.65. The minimum absolute atomic E-state index is 0.0278. The second kappa shape index (κ2) is 2.15. The summed E-state index contributed by atoms with van der Waals surface area (Å²) in [4.78, 5) is 10.6. The number of ether oxygens (including phenoxy) is 1. The first-order valence-corrected chi connectivity index (χ1v) is 3.44. The van der Waals surface area contributed by atoms with Crippen LogP contribution < -0.4 is 5.32 Å². The van der Waals surface area contributed by atoms with Gasteiger partial charge >= 0.3 is 6.09 Å². The van der Waals surface area contributed by atoms with Gasteiger partial charge in [-0.2, -0.15) is 0 Å². The Labute approximate surface area is 60.7 Å². The fourth-order valence-corrected chi connectivity index (χ4v) is 0.872. The van der Waals surface area contributed by atoms with Crippen molar-refractivity contribution in [1.29, 1.82) is 0 Å². The maximum atomic E-state index is 10.6. The van der Waals surface area contributed by atoms with E-state index in [4.69, 9.17) is 4.74 Å². The molecule has 1 aliphatic rings. The van der Waals surface area contributed by atoms with Gasteiger partial charge in [-0.3, -0.25) is 0 Å². The summed E-state index contributed by atoms with van der Waals surface area (Å²) in [5, 5.41) is 2.61. The van der Waals surface area contributed by atoms with Gasteiger partial charge in [-0.1, -0.05) is 20.8 Å².